The summed E-state index contributed by atoms with van der Waals surface area (Å²) in [5.74, 6) is 0.505. The summed E-state index contributed by atoms with van der Waals surface area (Å²) in [5.41, 5.74) is 3.77. The molecule has 0 bridgehead atoms. The molecule has 1 aromatic carbocycles. The van der Waals surface area contributed by atoms with Crippen LogP contribution in [0.2, 0.25) is 0 Å². The van der Waals surface area contributed by atoms with Crippen LogP contribution in [0.4, 0.5) is 0 Å². The highest BCUT2D eigenvalue weighted by atomic mass is 14.8. The predicted molar refractivity (Wildman–Crippen MR) is 80.4 cm³/mol. The van der Waals surface area contributed by atoms with Crippen LogP contribution in [0.25, 0.3) is 0 Å². The molecule has 1 N–H and O–H groups in total. The molecule has 2 heteroatoms. The average Bonchev–Trinajstić information content (AvgIpc) is 2.46. The first kappa shape index (κ1) is 13.8. The third-order valence-corrected chi connectivity index (χ3v) is 3.37. The van der Waals surface area contributed by atoms with Crippen molar-refractivity contribution in [1.82, 2.24) is 10.3 Å². The van der Waals surface area contributed by atoms with Crippen molar-refractivity contribution in [2.24, 2.45) is 0 Å². The second-order valence-corrected chi connectivity index (χ2v) is 4.93. The van der Waals surface area contributed by atoms with Gasteiger partial charge >= 0.3 is 0 Å². The van der Waals surface area contributed by atoms with Gasteiger partial charge in [0.25, 0.3) is 0 Å². The van der Waals surface area contributed by atoms with Gasteiger partial charge in [0.15, 0.2) is 0 Å². The Hall–Kier alpha value is -1.67. The SMILES string of the molecule is CCNCC(Cc1ccc(C)nc1)c1ccccc1. The largest absolute Gasteiger partial charge is 0.316 e. The van der Waals surface area contributed by atoms with E-state index < -0.39 is 0 Å². The average molecular weight is 254 g/mol. The molecule has 0 aliphatic carbocycles. The van der Waals surface area contributed by atoms with Crippen molar-refractivity contribution in [3.8, 4) is 0 Å². The number of benzene rings is 1. The van der Waals surface area contributed by atoms with Crippen LogP contribution < -0.4 is 5.32 Å². The van der Waals surface area contributed by atoms with Crippen LogP contribution in [0.1, 0.15) is 29.7 Å². The number of pyridine rings is 1. The number of hydrogen-bond acceptors (Lipinski definition) is 2. The monoisotopic (exact) mass is 254 g/mol. The lowest BCUT2D eigenvalue weighted by Crippen LogP contribution is -2.22. The Bertz CT molecular complexity index is 476. The standard InChI is InChI=1S/C17H22N2/c1-3-18-13-17(16-7-5-4-6-8-16)11-15-10-9-14(2)19-12-15/h4-10,12,17-18H,3,11,13H2,1-2H3. The zero-order chi connectivity index (χ0) is 13.5. The van der Waals surface area contributed by atoms with E-state index in [1.807, 2.05) is 13.1 Å². The van der Waals surface area contributed by atoms with Crippen molar-refractivity contribution >= 4 is 0 Å². The van der Waals surface area contributed by atoms with E-state index in [2.05, 4.69) is 59.7 Å². The Balaban J connectivity index is 2.11. The molecule has 1 aromatic heterocycles. The van der Waals surface area contributed by atoms with Crippen LogP contribution >= 0.6 is 0 Å². The number of hydrogen-bond donors (Lipinski definition) is 1. The summed E-state index contributed by atoms with van der Waals surface area (Å²) in [6, 6.07) is 15.0. The van der Waals surface area contributed by atoms with Crippen molar-refractivity contribution < 1.29 is 0 Å². The highest BCUT2D eigenvalue weighted by molar-refractivity contribution is 5.24. The van der Waals surface area contributed by atoms with Gasteiger partial charge in [-0.25, -0.2) is 0 Å². The Morgan fingerprint density at radius 2 is 1.89 bits per heavy atom. The first-order valence-electron chi connectivity index (χ1n) is 6.96. The van der Waals surface area contributed by atoms with E-state index in [4.69, 9.17) is 0 Å². The van der Waals surface area contributed by atoms with E-state index in [9.17, 15) is 0 Å². The van der Waals surface area contributed by atoms with Gasteiger partial charge in [-0.15, -0.1) is 0 Å². The summed E-state index contributed by atoms with van der Waals surface area (Å²) < 4.78 is 0. The van der Waals surface area contributed by atoms with Crippen molar-refractivity contribution in [2.75, 3.05) is 13.1 Å². The van der Waals surface area contributed by atoms with Gasteiger partial charge in [-0.05, 0) is 37.1 Å². The first-order valence-corrected chi connectivity index (χ1v) is 6.96. The number of aromatic nitrogens is 1. The van der Waals surface area contributed by atoms with E-state index in [1.54, 1.807) is 0 Å². The van der Waals surface area contributed by atoms with Gasteiger partial charge in [-0.3, -0.25) is 4.98 Å². The fourth-order valence-electron chi connectivity index (χ4n) is 2.26. The summed E-state index contributed by atoms with van der Waals surface area (Å²) in [7, 11) is 0. The molecule has 100 valence electrons. The molecule has 0 saturated heterocycles. The summed E-state index contributed by atoms with van der Waals surface area (Å²) in [4.78, 5) is 4.39. The second-order valence-electron chi connectivity index (χ2n) is 4.93. The molecule has 1 heterocycles. The second kappa shape index (κ2) is 7.05. The third kappa shape index (κ3) is 4.18. The Morgan fingerprint density at radius 1 is 1.11 bits per heavy atom. The molecule has 1 unspecified atom stereocenters. The van der Waals surface area contributed by atoms with E-state index in [-0.39, 0.29) is 0 Å². The maximum absolute atomic E-state index is 4.39. The fourth-order valence-corrected chi connectivity index (χ4v) is 2.26. The molecule has 0 aliphatic heterocycles. The minimum atomic E-state index is 0.505. The molecule has 2 nitrogen and oxygen atoms in total. The summed E-state index contributed by atoms with van der Waals surface area (Å²) in [6.07, 6.45) is 3.03. The highest BCUT2D eigenvalue weighted by Gasteiger charge is 2.11. The van der Waals surface area contributed by atoms with Crippen LogP contribution in [-0.4, -0.2) is 18.1 Å². The topological polar surface area (TPSA) is 24.9 Å². The van der Waals surface area contributed by atoms with Gasteiger partial charge in [-0.1, -0.05) is 43.3 Å². The minimum Gasteiger partial charge on any atom is -0.316 e. The lowest BCUT2D eigenvalue weighted by atomic mass is 9.92. The molecule has 2 aromatic rings. The number of rotatable bonds is 6. The molecule has 0 spiro atoms. The zero-order valence-corrected chi connectivity index (χ0v) is 11.8. The van der Waals surface area contributed by atoms with Crippen LogP contribution in [-0.2, 0) is 6.42 Å². The minimum absolute atomic E-state index is 0.505. The van der Waals surface area contributed by atoms with Crippen LogP contribution in [0.15, 0.2) is 48.7 Å². The van der Waals surface area contributed by atoms with Gasteiger partial charge in [-0.2, -0.15) is 0 Å². The number of nitrogens with zero attached hydrogens (tertiary/aromatic N) is 1. The maximum atomic E-state index is 4.39. The summed E-state index contributed by atoms with van der Waals surface area (Å²) >= 11 is 0. The summed E-state index contributed by atoms with van der Waals surface area (Å²) in [5, 5.41) is 3.46. The molecule has 0 fully saturated rings. The van der Waals surface area contributed by atoms with Gasteiger partial charge in [0.1, 0.15) is 0 Å². The molecule has 0 aliphatic rings. The van der Waals surface area contributed by atoms with Gasteiger partial charge in [0, 0.05) is 24.4 Å². The molecule has 1 atom stereocenters. The lowest BCUT2D eigenvalue weighted by Gasteiger charge is -2.18. The van der Waals surface area contributed by atoms with E-state index >= 15 is 0 Å². The van der Waals surface area contributed by atoms with E-state index in [0.29, 0.717) is 5.92 Å². The van der Waals surface area contributed by atoms with Crippen molar-refractivity contribution in [3.05, 3.63) is 65.5 Å². The van der Waals surface area contributed by atoms with Gasteiger partial charge in [0.2, 0.25) is 0 Å². The Labute approximate surface area is 115 Å². The summed E-state index contributed by atoms with van der Waals surface area (Å²) in [6.45, 7) is 6.19. The maximum Gasteiger partial charge on any atom is 0.0372 e. The molecule has 0 amide bonds. The molecule has 2 rings (SSSR count). The molecule has 0 radical (unpaired) electrons. The quantitative estimate of drug-likeness (QED) is 0.855. The molecule has 19 heavy (non-hydrogen) atoms. The normalized spacial score (nSPS) is 12.3. The number of likely N-dealkylation sites (N-methyl/N-ethyl adjacent to an activating group) is 1. The number of aryl methyl sites for hydroxylation is 1. The van der Waals surface area contributed by atoms with E-state index in [0.717, 1.165) is 25.2 Å². The third-order valence-electron chi connectivity index (χ3n) is 3.37. The molecule has 0 saturated carbocycles. The van der Waals surface area contributed by atoms with Crippen LogP contribution in [0.5, 0.6) is 0 Å². The van der Waals surface area contributed by atoms with Crippen LogP contribution in [0, 0.1) is 6.92 Å². The fraction of sp³-hybridized carbons (Fsp3) is 0.353. The Kier molecular flexibility index (Phi) is 5.10. The van der Waals surface area contributed by atoms with Gasteiger partial charge < -0.3 is 5.32 Å². The van der Waals surface area contributed by atoms with Crippen molar-refractivity contribution in [1.29, 1.82) is 0 Å². The van der Waals surface area contributed by atoms with Crippen molar-refractivity contribution in [2.45, 2.75) is 26.2 Å². The Morgan fingerprint density at radius 3 is 2.53 bits per heavy atom. The first-order chi connectivity index (χ1) is 9.29. The lowest BCUT2D eigenvalue weighted by molar-refractivity contribution is 0.594. The van der Waals surface area contributed by atoms with E-state index in [1.165, 1.54) is 11.1 Å². The van der Waals surface area contributed by atoms with Crippen LogP contribution in [0.3, 0.4) is 0 Å². The number of nitrogens with one attached hydrogen (secondary N) is 1. The molecular formula is C17H22N2. The smallest absolute Gasteiger partial charge is 0.0372 e. The highest BCUT2D eigenvalue weighted by Crippen LogP contribution is 2.20. The van der Waals surface area contributed by atoms with Crippen molar-refractivity contribution in [3.63, 3.8) is 0 Å². The molecular weight excluding hydrogens is 232 g/mol. The predicted octanol–water partition coefficient (Wildman–Crippen LogP) is 3.33. The van der Waals surface area contributed by atoms with Gasteiger partial charge in [0.05, 0.1) is 0 Å². The zero-order valence-electron chi connectivity index (χ0n) is 11.8.